The fraction of sp³-hybridized carbons (Fsp3) is 0.542. The van der Waals surface area contributed by atoms with Crippen LogP contribution in [-0.2, 0) is 24.6 Å². The number of aliphatic hydroxyl groups excluding tert-OH is 1. The van der Waals surface area contributed by atoms with E-state index in [1.807, 2.05) is 33.0 Å². The van der Waals surface area contributed by atoms with Gasteiger partial charge in [0.1, 0.15) is 22.7 Å². The van der Waals surface area contributed by atoms with Gasteiger partial charge in [-0.25, -0.2) is 9.97 Å². The number of hydrogen-bond acceptors (Lipinski definition) is 9. The maximum Gasteiger partial charge on any atom is 0.228 e. The number of para-hydroxylation sites is 1. The van der Waals surface area contributed by atoms with E-state index in [0.717, 1.165) is 54.6 Å². The largest absolute Gasteiger partial charge is 0.611 e. The molecule has 4 heterocycles. The van der Waals surface area contributed by atoms with Crippen LogP contribution in [0.2, 0.25) is 0 Å². The van der Waals surface area contributed by atoms with E-state index in [2.05, 4.69) is 25.8 Å². The van der Waals surface area contributed by atoms with Crippen LogP contribution in [0.3, 0.4) is 0 Å². The van der Waals surface area contributed by atoms with Gasteiger partial charge in [-0.1, -0.05) is 19.9 Å². The van der Waals surface area contributed by atoms with Crippen molar-refractivity contribution in [3.8, 4) is 5.75 Å². The number of benzene rings is 1. The molecule has 10 nitrogen and oxygen atoms in total. The van der Waals surface area contributed by atoms with Gasteiger partial charge in [-0.2, -0.15) is 4.98 Å². The Bertz CT molecular complexity index is 1210. The van der Waals surface area contributed by atoms with Gasteiger partial charge >= 0.3 is 0 Å². The first-order valence-electron chi connectivity index (χ1n) is 12.1. The molecule has 2 N–H and O–H groups in total. The molecule has 3 aromatic rings. The van der Waals surface area contributed by atoms with Gasteiger partial charge in [-0.05, 0) is 29.2 Å². The molecule has 0 radical (unpaired) electrons. The number of aromatic nitrogens is 4. The molecule has 11 heteroatoms. The average molecular weight is 500 g/mol. The van der Waals surface area contributed by atoms with Crippen molar-refractivity contribution in [1.82, 2.24) is 19.5 Å². The van der Waals surface area contributed by atoms with E-state index in [1.165, 1.54) is 0 Å². The van der Waals surface area contributed by atoms with Crippen LogP contribution in [0.5, 0.6) is 5.75 Å². The van der Waals surface area contributed by atoms with E-state index in [-0.39, 0.29) is 18.6 Å². The monoisotopic (exact) mass is 499 g/mol. The fourth-order valence-electron chi connectivity index (χ4n) is 4.75. The summed E-state index contributed by atoms with van der Waals surface area (Å²) in [6.07, 6.45) is 0.680. The average Bonchev–Trinajstić information content (AvgIpc) is 3.42. The van der Waals surface area contributed by atoms with E-state index >= 15 is 0 Å². The van der Waals surface area contributed by atoms with Gasteiger partial charge in [-0.3, -0.25) is 0 Å². The Labute approximate surface area is 208 Å². The second-order valence-electron chi connectivity index (χ2n) is 9.40. The van der Waals surface area contributed by atoms with Crippen LogP contribution in [0.1, 0.15) is 19.5 Å². The summed E-state index contributed by atoms with van der Waals surface area (Å²) in [5.41, 5.74) is 2.75. The van der Waals surface area contributed by atoms with Crippen LogP contribution in [-0.4, -0.2) is 80.9 Å². The summed E-state index contributed by atoms with van der Waals surface area (Å²) in [6, 6.07) is 5.81. The number of imidazole rings is 1. The number of hydrogen-bond donors (Lipinski definition) is 2. The number of piperazine rings is 1. The van der Waals surface area contributed by atoms with Crippen LogP contribution in [0.25, 0.3) is 11.0 Å². The van der Waals surface area contributed by atoms with E-state index < -0.39 is 11.2 Å². The lowest BCUT2D eigenvalue weighted by Crippen LogP contribution is -2.48. The molecule has 0 bridgehead atoms. The molecule has 188 valence electrons. The quantitative estimate of drug-likeness (QED) is 0.470. The normalized spacial score (nSPS) is 18.9. The van der Waals surface area contributed by atoms with Gasteiger partial charge in [-0.15, -0.1) is 0 Å². The number of fused-ring (bicyclic) bond motifs is 2. The maximum absolute atomic E-state index is 12.7. The summed E-state index contributed by atoms with van der Waals surface area (Å²) in [7, 11) is 3.70. The molecule has 35 heavy (non-hydrogen) atoms. The highest BCUT2D eigenvalue weighted by Crippen LogP contribution is 2.34. The SMILES string of the molecule is COc1cccc2c1nc(N1CCN(c3nc4c(c(N[C@@H](CO)C(C)C)n3)[S+]([O-])CC4)CC1)n2C. The molecule has 0 saturated carbocycles. The van der Waals surface area contributed by atoms with Gasteiger partial charge in [0.2, 0.25) is 16.8 Å². The van der Waals surface area contributed by atoms with Gasteiger partial charge in [0, 0.05) is 39.6 Å². The summed E-state index contributed by atoms with van der Waals surface area (Å²) in [6.45, 7) is 7.12. The minimum absolute atomic E-state index is 0.0140. The van der Waals surface area contributed by atoms with Crippen LogP contribution in [0.15, 0.2) is 23.1 Å². The van der Waals surface area contributed by atoms with E-state index in [9.17, 15) is 9.66 Å². The minimum atomic E-state index is -1.12. The maximum atomic E-state index is 12.7. The van der Waals surface area contributed by atoms with Crippen LogP contribution < -0.4 is 19.9 Å². The Hall–Kier alpha value is -2.76. The summed E-state index contributed by atoms with van der Waals surface area (Å²) >= 11 is -1.12. The number of ether oxygens (including phenoxy) is 1. The molecule has 2 aromatic heterocycles. The molecule has 1 unspecified atom stereocenters. The second-order valence-corrected chi connectivity index (χ2v) is 10.9. The van der Waals surface area contributed by atoms with Crippen LogP contribution in [0, 0.1) is 5.92 Å². The van der Waals surface area contributed by atoms with E-state index in [1.54, 1.807) is 7.11 Å². The van der Waals surface area contributed by atoms with Crippen molar-refractivity contribution in [3.63, 3.8) is 0 Å². The standard InChI is InChI=1S/C24H33N7O3S/c1-15(2)17(14-32)25-22-21-16(8-13-35(21)33)26-23(28-22)30-9-11-31(12-10-30)24-27-20-18(29(24)3)6-5-7-19(20)34-4/h5-7,15,17,32H,8-14H2,1-4H3,(H,25,26,28)/t17-,35?/m0/s1. The Morgan fingerprint density at radius 1 is 1.14 bits per heavy atom. The van der Waals surface area contributed by atoms with Crippen molar-refractivity contribution in [2.45, 2.75) is 31.2 Å². The Balaban J connectivity index is 1.37. The molecule has 2 aliphatic rings. The third-order valence-electron chi connectivity index (χ3n) is 6.92. The van der Waals surface area contributed by atoms with Crippen LogP contribution in [0.4, 0.5) is 17.7 Å². The Morgan fingerprint density at radius 3 is 2.57 bits per heavy atom. The van der Waals surface area contributed by atoms with Gasteiger partial charge in [0.05, 0.1) is 25.3 Å². The zero-order valence-corrected chi connectivity index (χ0v) is 21.5. The molecule has 1 fully saturated rings. The summed E-state index contributed by atoms with van der Waals surface area (Å²) < 4.78 is 20.3. The zero-order valence-electron chi connectivity index (χ0n) is 20.7. The summed E-state index contributed by atoms with van der Waals surface area (Å²) in [4.78, 5) is 19.6. The molecule has 1 aromatic carbocycles. The molecule has 0 aliphatic carbocycles. The van der Waals surface area contributed by atoms with Crippen molar-refractivity contribution in [2.24, 2.45) is 13.0 Å². The van der Waals surface area contributed by atoms with Gasteiger partial charge < -0.3 is 34.1 Å². The molecular formula is C24H33N7O3S. The first-order valence-corrected chi connectivity index (χ1v) is 13.4. The van der Waals surface area contributed by atoms with Crippen molar-refractivity contribution in [2.75, 3.05) is 60.8 Å². The smallest absolute Gasteiger partial charge is 0.228 e. The van der Waals surface area contributed by atoms with Gasteiger partial charge in [0.25, 0.3) is 0 Å². The number of aryl methyl sites for hydroxylation is 2. The Kier molecular flexibility index (Phi) is 6.65. The minimum Gasteiger partial charge on any atom is -0.611 e. The zero-order chi connectivity index (χ0) is 24.7. The molecule has 0 spiro atoms. The lowest BCUT2D eigenvalue weighted by molar-refractivity contribution is 0.248. The molecule has 0 amide bonds. The number of rotatable bonds is 7. The third-order valence-corrected chi connectivity index (χ3v) is 8.37. The van der Waals surface area contributed by atoms with Crippen molar-refractivity contribution in [3.05, 3.63) is 23.9 Å². The highest BCUT2D eigenvalue weighted by Gasteiger charge is 2.34. The second kappa shape index (κ2) is 9.71. The lowest BCUT2D eigenvalue weighted by Gasteiger charge is -2.35. The lowest BCUT2D eigenvalue weighted by atomic mass is 10.1. The third kappa shape index (κ3) is 4.36. The highest BCUT2D eigenvalue weighted by atomic mass is 32.2. The van der Waals surface area contributed by atoms with Crippen LogP contribution >= 0.6 is 0 Å². The predicted octanol–water partition coefficient (Wildman–Crippen LogP) is 1.79. The van der Waals surface area contributed by atoms with Gasteiger partial charge in [0.15, 0.2) is 5.82 Å². The van der Waals surface area contributed by atoms with Crippen molar-refractivity contribution in [1.29, 1.82) is 0 Å². The number of nitrogens with zero attached hydrogens (tertiary/aromatic N) is 6. The summed E-state index contributed by atoms with van der Waals surface area (Å²) in [5.74, 6) is 3.71. The number of aliphatic hydroxyl groups is 1. The van der Waals surface area contributed by atoms with Crippen molar-refractivity contribution >= 4 is 39.9 Å². The summed E-state index contributed by atoms with van der Waals surface area (Å²) in [5, 5.41) is 13.2. The first kappa shape index (κ1) is 24.0. The fourth-order valence-corrected chi connectivity index (χ4v) is 6.07. The topological polar surface area (TPSA) is 115 Å². The van der Waals surface area contributed by atoms with E-state index in [4.69, 9.17) is 19.7 Å². The predicted molar refractivity (Wildman–Crippen MR) is 138 cm³/mol. The molecule has 2 aliphatic heterocycles. The first-order chi connectivity index (χ1) is 16.9. The molecule has 1 saturated heterocycles. The Morgan fingerprint density at radius 2 is 1.89 bits per heavy atom. The molecule has 2 atom stereocenters. The van der Waals surface area contributed by atoms with Crippen molar-refractivity contribution < 1.29 is 14.4 Å². The number of anilines is 3. The number of methoxy groups -OCH3 is 1. The molecular weight excluding hydrogens is 466 g/mol. The number of nitrogens with one attached hydrogen (secondary N) is 1. The highest BCUT2D eigenvalue weighted by molar-refractivity contribution is 7.91. The molecule has 5 rings (SSSR count). The van der Waals surface area contributed by atoms with E-state index in [0.29, 0.717) is 28.8 Å².